The maximum Gasteiger partial charge on any atom is 0.271 e. The molecule has 0 spiro atoms. The molecule has 1 fully saturated rings. The number of anilines is 1. The number of rotatable bonds is 7. The van der Waals surface area contributed by atoms with Gasteiger partial charge in [-0.2, -0.15) is 5.10 Å². The van der Waals surface area contributed by atoms with Crippen molar-refractivity contribution in [1.82, 2.24) is 10.3 Å². The predicted octanol–water partition coefficient (Wildman–Crippen LogP) is 3.41. The van der Waals surface area contributed by atoms with Crippen molar-refractivity contribution >= 4 is 23.2 Å². The van der Waals surface area contributed by atoms with Crippen LogP contribution in [0.15, 0.2) is 29.4 Å². The first-order chi connectivity index (χ1) is 12.5. The molecular weight excluding hydrogens is 328 g/mol. The standard InChI is InChI=1S/C20H30N4O2/c1-4-5-6-19(25)21-17-9-7-16(8-10-17)20(26)23-22-18-11-13-24(14-12-18)15(2)3/h7-10,15H,4-6,11-14H2,1-3H3,(H,21,25)(H,23,26). The molecule has 1 aliphatic rings. The number of unbranched alkanes of at least 4 members (excludes halogenated alkanes) is 1. The first-order valence-corrected chi connectivity index (χ1v) is 9.49. The highest BCUT2D eigenvalue weighted by Crippen LogP contribution is 2.12. The molecule has 0 bridgehead atoms. The molecule has 0 aromatic heterocycles. The summed E-state index contributed by atoms with van der Waals surface area (Å²) < 4.78 is 0. The van der Waals surface area contributed by atoms with Crippen LogP contribution < -0.4 is 10.7 Å². The Morgan fingerprint density at radius 1 is 1.15 bits per heavy atom. The second-order valence-corrected chi connectivity index (χ2v) is 6.98. The lowest BCUT2D eigenvalue weighted by Gasteiger charge is -2.30. The molecule has 6 heteroatoms. The third kappa shape index (κ3) is 6.26. The quantitative estimate of drug-likeness (QED) is 0.734. The number of nitrogens with zero attached hydrogens (tertiary/aromatic N) is 2. The van der Waals surface area contributed by atoms with Crippen LogP contribution in [-0.2, 0) is 4.79 Å². The van der Waals surface area contributed by atoms with Crippen LogP contribution in [0.4, 0.5) is 5.69 Å². The SMILES string of the molecule is CCCCC(=O)Nc1ccc(C(=O)NN=C2CCN(C(C)C)CC2)cc1. The number of benzene rings is 1. The van der Waals surface area contributed by atoms with Crippen molar-refractivity contribution in [2.75, 3.05) is 18.4 Å². The molecule has 2 N–H and O–H groups in total. The van der Waals surface area contributed by atoms with Crippen molar-refractivity contribution < 1.29 is 9.59 Å². The van der Waals surface area contributed by atoms with E-state index in [1.165, 1.54) is 0 Å². The molecule has 2 amide bonds. The molecule has 1 heterocycles. The molecule has 2 rings (SSSR count). The van der Waals surface area contributed by atoms with E-state index in [2.05, 4.69) is 41.5 Å². The maximum atomic E-state index is 12.2. The summed E-state index contributed by atoms with van der Waals surface area (Å²) >= 11 is 0. The number of nitrogens with one attached hydrogen (secondary N) is 2. The Bertz CT molecular complexity index is 628. The Kier molecular flexibility index (Phi) is 7.78. The van der Waals surface area contributed by atoms with Gasteiger partial charge in [-0.3, -0.25) is 9.59 Å². The van der Waals surface area contributed by atoms with Gasteiger partial charge in [0.15, 0.2) is 0 Å². The minimum atomic E-state index is -0.229. The van der Waals surface area contributed by atoms with Gasteiger partial charge >= 0.3 is 0 Å². The molecule has 0 radical (unpaired) electrons. The number of likely N-dealkylation sites (tertiary alicyclic amines) is 1. The summed E-state index contributed by atoms with van der Waals surface area (Å²) in [5.74, 6) is -0.226. The van der Waals surface area contributed by atoms with E-state index in [4.69, 9.17) is 0 Å². The second kappa shape index (κ2) is 10.1. The summed E-state index contributed by atoms with van der Waals surface area (Å²) in [4.78, 5) is 26.4. The van der Waals surface area contributed by atoms with Gasteiger partial charge in [-0.25, -0.2) is 5.43 Å². The fraction of sp³-hybridized carbons (Fsp3) is 0.550. The van der Waals surface area contributed by atoms with Crippen LogP contribution in [0.1, 0.15) is 63.2 Å². The molecule has 0 aliphatic carbocycles. The van der Waals surface area contributed by atoms with Crippen molar-refractivity contribution in [2.24, 2.45) is 5.10 Å². The third-order valence-corrected chi connectivity index (χ3v) is 4.61. The normalized spacial score (nSPS) is 15.0. The third-order valence-electron chi connectivity index (χ3n) is 4.61. The lowest BCUT2D eigenvalue weighted by molar-refractivity contribution is -0.116. The Morgan fingerprint density at radius 2 is 1.81 bits per heavy atom. The van der Waals surface area contributed by atoms with Crippen molar-refractivity contribution in [1.29, 1.82) is 0 Å². The number of amides is 2. The zero-order valence-corrected chi connectivity index (χ0v) is 16.0. The first kappa shape index (κ1) is 20.1. The molecule has 26 heavy (non-hydrogen) atoms. The average Bonchev–Trinajstić information content (AvgIpc) is 2.65. The Balaban J connectivity index is 1.82. The summed E-state index contributed by atoms with van der Waals surface area (Å²) in [7, 11) is 0. The summed E-state index contributed by atoms with van der Waals surface area (Å²) in [5, 5.41) is 7.12. The lowest BCUT2D eigenvalue weighted by atomic mass is 10.1. The topological polar surface area (TPSA) is 73.8 Å². The van der Waals surface area contributed by atoms with Gasteiger partial charge in [-0.1, -0.05) is 13.3 Å². The highest BCUT2D eigenvalue weighted by Gasteiger charge is 2.17. The van der Waals surface area contributed by atoms with E-state index in [0.717, 1.165) is 44.5 Å². The molecule has 1 aromatic carbocycles. The minimum absolute atomic E-state index is 0.00296. The largest absolute Gasteiger partial charge is 0.326 e. The van der Waals surface area contributed by atoms with Gasteiger partial charge in [0.05, 0.1) is 0 Å². The van der Waals surface area contributed by atoms with Crippen LogP contribution in [0.5, 0.6) is 0 Å². The Morgan fingerprint density at radius 3 is 2.38 bits per heavy atom. The Labute approximate surface area is 156 Å². The van der Waals surface area contributed by atoms with Crippen molar-refractivity contribution in [3.8, 4) is 0 Å². The zero-order chi connectivity index (χ0) is 18.9. The molecule has 1 aromatic rings. The van der Waals surface area contributed by atoms with E-state index in [-0.39, 0.29) is 11.8 Å². The number of piperidine rings is 1. The van der Waals surface area contributed by atoms with E-state index >= 15 is 0 Å². The van der Waals surface area contributed by atoms with Gasteiger partial charge in [-0.15, -0.1) is 0 Å². The number of hydrazone groups is 1. The average molecular weight is 358 g/mol. The number of hydrogen-bond donors (Lipinski definition) is 2. The van der Waals surface area contributed by atoms with Crippen LogP contribution in [0.25, 0.3) is 0 Å². The van der Waals surface area contributed by atoms with Gasteiger partial charge in [-0.05, 0) is 44.5 Å². The van der Waals surface area contributed by atoms with Gasteiger partial charge in [0.1, 0.15) is 0 Å². The molecule has 1 saturated heterocycles. The summed E-state index contributed by atoms with van der Waals surface area (Å²) in [6, 6.07) is 7.44. The summed E-state index contributed by atoms with van der Waals surface area (Å²) in [6.45, 7) is 8.41. The van der Waals surface area contributed by atoms with Crippen LogP contribution in [0, 0.1) is 0 Å². The van der Waals surface area contributed by atoms with Crippen LogP contribution in [0.3, 0.4) is 0 Å². The minimum Gasteiger partial charge on any atom is -0.326 e. The van der Waals surface area contributed by atoms with E-state index in [1.54, 1.807) is 24.3 Å². The molecular formula is C20H30N4O2. The smallest absolute Gasteiger partial charge is 0.271 e. The lowest BCUT2D eigenvalue weighted by Crippen LogP contribution is -2.39. The summed E-state index contributed by atoms with van der Waals surface area (Å²) in [6.07, 6.45) is 4.17. The second-order valence-electron chi connectivity index (χ2n) is 6.98. The van der Waals surface area contributed by atoms with E-state index < -0.39 is 0 Å². The number of carbonyl (C=O) groups excluding carboxylic acids is 2. The monoisotopic (exact) mass is 358 g/mol. The van der Waals surface area contributed by atoms with Crippen LogP contribution in [-0.4, -0.2) is 41.6 Å². The molecule has 142 valence electrons. The fourth-order valence-corrected chi connectivity index (χ4v) is 2.87. The van der Waals surface area contributed by atoms with Crippen LogP contribution in [0.2, 0.25) is 0 Å². The van der Waals surface area contributed by atoms with E-state index in [0.29, 0.717) is 23.7 Å². The molecule has 1 aliphatic heterocycles. The maximum absolute atomic E-state index is 12.2. The first-order valence-electron chi connectivity index (χ1n) is 9.49. The van der Waals surface area contributed by atoms with Gasteiger partial charge in [0, 0.05) is 55.4 Å². The zero-order valence-electron chi connectivity index (χ0n) is 16.0. The Hall–Kier alpha value is -2.21. The van der Waals surface area contributed by atoms with Crippen molar-refractivity contribution in [3.63, 3.8) is 0 Å². The summed E-state index contributed by atoms with van der Waals surface area (Å²) in [5.41, 5.74) is 4.91. The van der Waals surface area contributed by atoms with Crippen molar-refractivity contribution in [2.45, 2.75) is 58.9 Å². The van der Waals surface area contributed by atoms with E-state index in [9.17, 15) is 9.59 Å². The van der Waals surface area contributed by atoms with Gasteiger partial charge in [0.2, 0.25) is 5.91 Å². The molecule has 0 saturated carbocycles. The van der Waals surface area contributed by atoms with E-state index in [1.807, 2.05) is 0 Å². The predicted molar refractivity (Wildman–Crippen MR) is 105 cm³/mol. The molecule has 6 nitrogen and oxygen atoms in total. The van der Waals surface area contributed by atoms with Crippen molar-refractivity contribution in [3.05, 3.63) is 29.8 Å². The molecule has 0 unspecified atom stereocenters. The highest BCUT2D eigenvalue weighted by atomic mass is 16.2. The highest BCUT2D eigenvalue weighted by molar-refractivity contribution is 5.96. The van der Waals surface area contributed by atoms with Gasteiger partial charge in [0.25, 0.3) is 5.91 Å². The number of carbonyl (C=O) groups is 2. The van der Waals surface area contributed by atoms with Crippen LogP contribution >= 0.6 is 0 Å². The van der Waals surface area contributed by atoms with Gasteiger partial charge < -0.3 is 10.2 Å². The number of hydrogen-bond acceptors (Lipinski definition) is 4. The molecule has 0 atom stereocenters. The fourth-order valence-electron chi connectivity index (χ4n) is 2.87.